The van der Waals surface area contributed by atoms with Gasteiger partial charge in [-0.25, -0.2) is 0 Å². The van der Waals surface area contributed by atoms with E-state index in [1.807, 2.05) is 13.0 Å². The molecule has 0 aliphatic rings. The van der Waals surface area contributed by atoms with Crippen molar-refractivity contribution in [2.75, 3.05) is 0 Å². The molecule has 0 heterocycles. The highest BCUT2D eigenvalue weighted by atomic mass is 14.5. The van der Waals surface area contributed by atoms with E-state index >= 15 is 0 Å². The van der Waals surface area contributed by atoms with Crippen molar-refractivity contribution in [3.8, 4) is 0 Å². The average molecular weight is 111 g/mol. The van der Waals surface area contributed by atoms with Crippen LogP contribution in [0.25, 0.3) is 0 Å². The van der Waals surface area contributed by atoms with Gasteiger partial charge in [-0.2, -0.15) is 0 Å². The number of nitrogens with two attached hydrogens (primary N) is 1. The largest absolute Gasteiger partial charge is 0.405 e. The van der Waals surface area contributed by atoms with Crippen LogP contribution in [0.2, 0.25) is 0 Å². The molecule has 0 rings (SSSR count). The van der Waals surface area contributed by atoms with Gasteiger partial charge >= 0.3 is 0 Å². The lowest BCUT2D eigenvalue weighted by Gasteiger charge is -1.92. The number of hydrogen-bond acceptors (Lipinski definition) is 1. The summed E-state index contributed by atoms with van der Waals surface area (Å²) in [6.45, 7) is 5.62. The highest BCUT2D eigenvalue weighted by molar-refractivity contribution is 4.95. The average Bonchev–Trinajstić information content (AvgIpc) is 1.83. The molecule has 0 aliphatic carbocycles. The summed E-state index contributed by atoms with van der Waals surface area (Å²) in [5.41, 5.74) is 6.44. The van der Waals surface area contributed by atoms with E-state index in [0.29, 0.717) is 0 Å². The predicted molar refractivity (Wildman–Crippen MR) is 37.4 cm³/mol. The maximum atomic E-state index is 5.22. The van der Waals surface area contributed by atoms with Crippen molar-refractivity contribution in [3.63, 3.8) is 0 Å². The van der Waals surface area contributed by atoms with Gasteiger partial charge in [0.25, 0.3) is 0 Å². The van der Waals surface area contributed by atoms with Crippen molar-refractivity contribution in [2.24, 2.45) is 5.73 Å². The molecule has 0 aromatic heterocycles. The van der Waals surface area contributed by atoms with Crippen LogP contribution in [-0.4, -0.2) is 0 Å². The van der Waals surface area contributed by atoms with Crippen molar-refractivity contribution >= 4 is 0 Å². The molecule has 0 saturated heterocycles. The second-order valence-electron chi connectivity index (χ2n) is 1.84. The molecule has 0 unspecified atom stereocenters. The van der Waals surface area contributed by atoms with E-state index in [9.17, 15) is 0 Å². The van der Waals surface area contributed by atoms with Gasteiger partial charge in [0, 0.05) is 0 Å². The molecule has 8 heavy (non-hydrogen) atoms. The Balaban J connectivity index is 3.24. The Labute approximate surface area is 50.9 Å². The van der Waals surface area contributed by atoms with Crippen LogP contribution in [0.3, 0.4) is 0 Å². The monoisotopic (exact) mass is 111 g/mol. The number of rotatable bonds is 3. The van der Waals surface area contributed by atoms with Crippen molar-refractivity contribution in [1.82, 2.24) is 0 Å². The molecule has 1 nitrogen and oxygen atoms in total. The second-order valence-corrected chi connectivity index (χ2v) is 1.84. The Morgan fingerprint density at radius 3 is 2.75 bits per heavy atom. The third-order valence-electron chi connectivity index (χ3n) is 1.03. The number of hydrogen-bond donors (Lipinski definition) is 1. The smallest absolute Gasteiger partial charge is 0.00732 e. The lowest BCUT2D eigenvalue weighted by Crippen LogP contribution is -1.83. The molecular formula is C7H13N. The molecule has 46 valence electrons. The van der Waals surface area contributed by atoms with E-state index in [1.165, 1.54) is 5.57 Å². The maximum Gasteiger partial charge on any atom is -0.00732 e. The summed E-state index contributed by atoms with van der Waals surface area (Å²) in [7, 11) is 0. The van der Waals surface area contributed by atoms with Gasteiger partial charge in [0.05, 0.1) is 0 Å². The maximum absolute atomic E-state index is 5.22. The van der Waals surface area contributed by atoms with E-state index < -0.39 is 0 Å². The van der Waals surface area contributed by atoms with Gasteiger partial charge in [0.2, 0.25) is 0 Å². The molecular weight excluding hydrogens is 98.1 g/mol. The molecule has 0 atom stereocenters. The fourth-order valence-corrected chi connectivity index (χ4v) is 0.413. The van der Waals surface area contributed by atoms with E-state index in [0.717, 1.165) is 12.8 Å². The van der Waals surface area contributed by atoms with E-state index in [1.54, 1.807) is 6.20 Å². The molecule has 2 N–H and O–H groups in total. The molecule has 0 aromatic rings. The van der Waals surface area contributed by atoms with Crippen LogP contribution in [0.5, 0.6) is 0 Å². The summed E-state index contributed by atoms with van der Waals surface area (Å²) < 4.78 is 0. The Morgan fingerprint density at radius 1 is 1.75 bits per heavy atom. The quantitative estimate of drug-likeness (QED) is 0.552. The van der Waals surface area contributed by atoms with Crippen LogP contribution in [0.15, 0.2) is 24.4 Å². The van der Waals surface area contributed by atoms with Crippen molar-refractivity contribution in [1.29, 1.82) is 0 Å². The first-order valence-corrected chi connectivity index (χ1v) is 2.79. The topological polar surface area (TPSA) is 26.0 Å². The molecule has 1 heteroatoms. The lowest BCUT2D eigenvalue weighted by molar-refractivity contribution is 0.974. The molecule has 0 bridgehead atoms. The minimum absolute atomic E-state index is 1.03. The molecule has 0 aliphatic heterocycles. The van der Waals surface area contributed by atoms with Crippen LogP contribution in [-0.2, 0) is 0 Å². The van der Waals surface area contributed by atoms with E-state index in [2.05, 4.69) is 6.58 Å². The second kappa shape index (κ2) is 4.44. The van der Waals surface area contributed by atoms with Crippen molar-refractivity contribution in [3.05, 3.63) is 24.4 Å². The number of allylic oxidation sites excluding steroid dienone is 2. The van der Waals surface area contributed by atoms with Crippen LogP contribution < -0.4 is 5.73 Å². The van der Waals surface area contributed by atoms with Crippen LogP contribution in [0.4, 0.5) is 0 Å². The Hall–Kier alpha value is -0.720. The first-order chi connectivity index (χ1) is 3.81. The zero-order valence-electron chi connectivity index (χ0n) is 5.35. The SMILES string of the molecule is C=CCC/C(C)=C\N. The van der Waals surface area contributed by atoms with Crippen LogP contribution in [0.1, 0.15) is 19.8 Å². The Kier molecular flexibility index (Phi) is 4.04. The first kappa shape index (κ1) is 7.28. The zero-order chi connectivity index (χ0) is 6.41. The lowest BCUT2D eigenvalue weighted by atomic mass is 10.2. The minimum Gasteiger partial charge on any atom is -0.405 e. The Bertz CT molecular complexity index is 92.6. The van der Waals surface area contributed by atoms with Crippen LogP contribution in [0, 0.1) is 0 Å². The van der Waals surface area contributed by atoms with Gasteiger partial charge in [-0.05, 0) is 26.0 Å². The van der Waals surface area contributed by atoms with Gasteiger partial charge in [-0.1, -0.05) is 11.6 Å². The summed E-state index contributed by atoms with van der Waals surface area (Å²) in [6.07, 6.45) is 5.61. The first-order valence-electron chi connectivity index (χ1n) is 2.79. The normalized spacial score (nSPS) is 11.4. The summed E-state index contributed by atoms with van der Waals surface area (Å²) in [6, 6.07) is 0. The molecule has 0 radical (unpaired) electrons. The molecule has 0 aromatic carbocycles. The third kappa shape index (κ3) is 3.47. The fraction of sp³-hybridized carbons (Fsp3) is 0.429. The summed E-state index contributed by atoms with van der Waals surface area (Å²) in [5, 5.41) is 0. The van der Waals surface area contributed by atoms with Crippen molar-refractivity contribution in [2.45, 2.75) is 19.8 Å². The van der Waals surface area contributed by atoms with Gasteiger partial charge < -0.3 is 5.73 Å². The van der Waals surface area contributed by atoms with E-state index in [-0.39, 0.29) is 0 Å². The van der Waals surface area contributed by atoms with Gasteiger partial charge in [-0.3, -0.25) is 0 Å². The predicted octanol–water partition coefficient (Wildman–Crippen LogP) is 1.82. The Morgan fingerprint density at radius 2 is 2.38 bits per heavy atom. The zero-order valence-corrected chi connectivity index (χ0v) is 5.35. The van der Waals surface area contributed by atoms with Crippen molar-refractivity contribution < 1.29 is 0 Å². The third-order valence-corrected chi connectivity index (χ3v) is 1.03. The summed E-state index contributed by atoms with van der Waals surface area (Å²) in [4.78, 5) is 0. The molecule has 0 spiro atoms. The van der Waals surface area contributed by atoms with Gasteiger partial charge in [0.1, 0.15) is 0 Å². The highest BCUT2D eigenvalue weighted by Crippen LogP contribution is 2.00. The fourth-order valence-electron chi connectivity index (χ4n) is 0.413. The van der Waals surface area contributed by atoms with Crippen LogP contribution >= 0.6 is 0 Å². The molecule has 0 fully saturated rings. The standard InChI is InChI=1S/C7H13N/c1-3-4-5-7(2)6-8/h3,6H,1,4-5,8H2,2H3/b7-6-. The van der Waals surface area contributed by atoms with Gasteiger partial charge in [-0.15, -0.1) is 6.58 Å². The minimum atomic E-state index is 1.03. The molecule has 0 saturated carbocycles. The van der Waals surface area contributed by atoms with Gasteiger partial charge in [0.15, 0.2) is 0 Å². The summed E-state index contributed by atoms with van der Waals surface area (Å²) >= 11 is 0. The summed E-state index contributed by atoms with van der Waals surface area (Å²) in [5.74, 6) is 0. The highest BCUT2D eigenvalue weighted by Gasteiger charge is 1.82. The molecule has 0 amide bonds. The van der Waals surface area contributed by atoms with E-state index in [4.69, 9.17) is 5.73 Å².